The normalized spacial score (nSPS) is 17.3. The molecular formula is C21H23ClN2O7S. The molecule has 2 fully saturated rings. The highest BCUT2D eigenvalue weighted by Crippen LogP contribution is 2.39. The molecule has 2 aliphatic heterocycles. The second-order valence-electron chi connectivity index (χ2n) is 6.98. The van der Waals surface area contributed by atoms with Gasteiger partial charge < -0.3 is 19.1 Å². The minimum absolute atomic E-state index is 0.156. The zero-order chi connectivity index (χ0) is 23.3. The number of ether oxygens (including phenoxy) is 3. The molecular weight excluding hydrogens is 460 g/mol. The lowest BCUT2D eigenvalue weighted by atomic mass is 10.1. The van der Waals surface area contributed by atoms with Crippen molar-refractivity contribution in [1.82, 2.24) is 9.80 Å². The Bertz CT molecular complexity index is 960. The molecule has 0 saturated carbocycles. The quantitative estimate of drug-likeness (QED) is 0.411. The second-order valence-corrected chi connectivity index (χ2v) is 8.38. The number of imide groups is 1. The lowest BCUT2D eigenvalue weighted by Gasteiger charge is -2.18. The van der Waals surface area contributed by atoms with Gasteiger partial charge in [-0.1, -0.05) is 11.6 Å². The van der Waals surface area contributed by atoms with Gasteiger partial charge in [-0.2, -0.15) is 0 Å². The minimum Gasteiger partial charge on any atom is -0.493 e. The molecule has 0 N–H and O–H groups in total. The summed E-state index contributed by atoms with van der Waals surface area (Å²) in [6.45, 7) is 2.59. The number of halogens is 1. The third-order valence-corrected chi connectivity index (χ3v) is 6.00. The smallest absolute Gasteiger partial charge is 0.344 e. The highest BCUT2D eigenvalue weighted by molar-refractivity contribution is 8.18. The van der Waals surface area contributed by atoms with Crippen LogP contribution < -0.4 is 9.47 Å². The van der Waals surface area contributed by atoms with Gasteiger partial charge in [-0.15, -0.1) is 0 Å². The van der Waals surface area contributed by atoms with Crippen LogP contribution in [-0.2, 0) is 19.1 Å². The lowest BCUT2D eigenvalue weighted by Crippen LogP contribution is -2.40. The van der Waals surface area contributed by atoms with Crippen LogP contribution in [0.5, 0.6) is 11.5 Å². The van der Waals surface area contributed by atoms with E-state index in [2.05, 4.69) is 0 Å². The van der Waals surface area contributed by atoms with Crippen LogP contribution in [0, 0.1) is 0 Å². The van der Waals surface area contributed by atoms with Gasteiger partial charge in [0.2, 0.25) is 5.91 Å². The molecule has 0 aliphatic carbocycles. The molecule has 11 heteroatoms. The standard InChI is InChI=1S/C21H23ClN2O7S/c1-3-30-18(26)12-31-19-14(22)8-13(9-15(19)29-2)10-16-20(27)24(21(28)32-16)11-17(25)23-6-4-5-7-23/h8-10H,3-7,11-12H2,1-2H3/b16-10-. The molecule has 0 radical (unpaired) electrons. The Morgan fingerprint density at radius 3 is 2.59 bits per heavy atom. The van der Waals surface area contributed by atoms with Crippen molar-refractivity contribution in [2.45, 2.75) is 19.8 Å². The Kier molecular flexibility index (Phi) is 8.03. The van der Waals surface area contributed by atoms with Crippen molar-refractivity contribution < 1.29 is 33.4 Å². The molecule has 2 aliphatic rings. The maximum absolute atomic E-state index is 12.7. The first kappa shape index (κ1) is 23.9. The number of carbonyl (C=O) groups is 4. The largest absolute Gasteiger partial charge is 0.493 e. The Hall–Kier alpha value is -2.72. The topological polar surface area (TPSA) is 102 Å². The van der Waals surface area contributed by atoms with E-state index in [1.54, 1.807) is 17.9 Å². The number of hydrogen-bond acceptors (Lipinski definition) is 8. The van der Waals surface area contributed by atoms with Crippen LogP contribution in [0.1, 0.15) is 25.3 Å². The predicted molar refractivity (Wildman–Crippen MR) is 119 cm³/mol. The van der Waals surface area contributed by atoms with Gasteiger partial charge in [0.25, 0.3) is 11.1 Å². The Labute approximate surface area is 194 Å². The van der Waals surface area contributed by atoms with E-state index in [1.165, 1.54) is 19.3 Å². The van der Waals surface area contributed by atoms with E-state index in [0.29, 0.717) is 18.7 Å². The monoisotopic (exact) mass is 482 g/mol. The Morgan fingerprint density at radius 1 is 1.22 bits per heavy atom. The van der Waals surface area contributed by atoms with Crippen molar-refractivity contribution in [3.63, 3.8) is 0 Å². The number of nitrogens with zero attached hydrogens (tertiary/aromatic N) is 2. The molecule has 0 bridgehead atoms. The molecule has 0 atom stereocenters. The molecule has 172 valence electrons. The number of esters is 1. The van der Waals surface area contributed by atoms with Gasteiger partial charge in [-0.05, 0) is 55.3 Å². The lowest BCUT2D eigenvalue weighted by molar-refractivity contribution is -0.145. The molecule has 1 aromatic rings. The zero-order valence-electron chi connectivity index (χ0n) is 17.7. The average Bonchev–Trinajstić information content (AvgIpc) is 3.38. The summed E-state index contributed by atoms with van der Waals surface area (Å²) in [5.74, 6) is -0.920. The maximum atomic E-state index is 12.7. The van der Waals surface area contributed by atoms with Gasteiger partial charge in [0.1, 0.15) is 6.54 Å². The summed E-state index contributed by atoms with van der Waals surface area (Å²) in [5, 5.41) is -0.343. The van der Waals surface area contributed by atoms with Crippen molar-refractivity contribution in [3.8, 4) is 11.5 Å². The third kappa shape index (κ3) is 5.55. The summed E-state index contributed by atoms with van der Waals surface area (Å²) in [6.07, 6.45) is 3.35. The molecule has 3 amide bonds. The molecule has 9 nitrogen and oxygen atoms in total. The second kappa shape index (κ2) is 10.7. The number of hydrogen-bond donors (Lipinski definition) is 0. The number of likely N-dealkylation sites (tertiary alicyclic amines) is 1. The third-order valence-electron chi connectivity index (χ3n) is 4.81. The summed E-state index contributed by atoms with van der Waals surface area (Å²) in [4.78, 5) is 51.7. The van der Waals surface area contributed by atoms with E-state index in [4.69, 9.17) is 25.8 Å². The fraction of sp³-hybridized carbons (Fsp3) is 0.429. The number of rotatable bonds is 8. The number of amides is 3. The molecule has 3 rings (SSSR count). The van der Waals surface area contributed by atoms with Gasteiger partial charge in [0.15, 0.2) is 18.1 Å². The summed E-state index contributed by atoms with van der Waals surface area (Å²) in [7, 11) is 1.41. The van der Waals surface area contributed by atoms with Gasteiger partial charge in [0, 0.05) is 13.1 Å². The van der Waals surface area contributed by atoms with E-state index < -0.39 is 17.1 Å². The summed E-state index contributed by atoms with van der Waals surface area (Å²) in [5.41, 5.74) is 0.492. The Balaban J connectivity index is 1.74. The number of methoxy groups -OCH3 is 1. The highest BCUT2D eigenvalue weighted by atomic mass is 35.5. The fourth-order valence-corrected chi connectivity index (χ4v) is 4.40. The molecule has 0 aromatic heterocycles. The maximum Gasteiger partial charge on any atom is 0.344 e. The SMILES string of the molecule is CCOC(=O)COc1c(Cl)cc(/C=C2\SC(=O)N(CC(=O)N3CCCC3)C2=O)cc1OC. The van der Waals surface area contributed by atoms with Crippen LogP contribution in [-0.4, -0.2) is 72.8 Å². The van der Waals surface area contributed by atoms with Crippen LogP contribution in [0.3, 0.4) is 0 Å². The first-order chi connectivity index (χ1) is 15.3. The summed E-state index contributed by atoms with van der Waals surface area (Å²) < 4.78 is 15.5. The van der Waals surface area contributed by atoms with Crippen molar-refractivity contribution >= 4 is 52.5 Å². The summed E-state index contributed by atoms with van der Waals surface area (Å²) in [6, 6.07) is 3.09. The first-order valence-electron chi connectivity index (χ1n) is 10.0. The van der Waals surface area contributed by atoms with Crippen LogP contribution in [0.4, 0.5) is 4.79 Å². The molecule has 0 unspecified atom stereocenters. The Morgan fingerprint density at radius 2 is 1.94 bits per heavy atom. The highest BCUT2D eigenvalue weighted by Gasteiger charge is 2.37. The number of benzene rings is 1. The van der Waals surface area contributed by atoms with Crippen molar-refractivity contribution in [2.24, 2.45) is 0 Å². The predicted octanol–water partition coefficient (Wildman–Crippen LogP) is 2.95. The van der Waals surface area contributed by atoms with Crippen molar-refractivity contribution in [1.29, 1.82) is 0 Å². The van der Waals surface area contributed by atoms with Crippen LogP contribution >= 0.6 is 23.4 Å². The van der Waals surface area contributed by atoms with Crippen LogP contribution in [0.2, 0.25) is 5.02 Å². The van der Waals surface area contributed by atoms with E-state index in [1.807, 2.05) is 0 Å². The zero-order valence-corrected chi connectivity index (χ0v) is 19.3. The molecule has 2 heterocycles. The summed E-state index contributed by atoms with van der Waals surface area (Å²) >= 11 is 7.04. The first-order valence-corrected chi connectivity index (χ1v) is 11.2. The van der Waals surface area contributed by atoms with Gasteiger partial charge in [-0.25, -0.2) is 4.79 Å². The van der Waals surface area contributed by atoms with Gasteiger partial charge in [0.05, 0.1) is 23.6 Å². The molecule has 0 spiro atoms. The fourth-order valence-electron chi connectivity index (χ4n) is 3.29. The van der Waals surface area contributed by atoms with E-state index in [-0.39, 0.29) is 47.1 Å². The molecule has 1 aromatic carbocycles. The van der Waals surface area contributed by atoms with E-state index in [9.17, 15) is 19.2 Å². The van der Waals surface area contributed by atoms with Crippen LogP contribution in [0.25, 0.3) is 6.08 Å². The van der Waals surface area contributed by atoms with Crippen molar-refractivity contribution in [2.75, 3.05) is 40.0 Å². The van der Waals surface area contributed by atoms with E-state index in [0.717, 1.165) is 29.5 Å². The minimum atomic E-state index is -0.549. The van der Waals surface area contributed by atoms with Gasteiger partial charge >= 0.3 is 5.97 Å². The number of carbonyl (C=O) groups excluding carboxylic acids is 4. The number of thioether (sulfide) groups is 1. The molecule has 2 saturated heterocycles. The van der Waals surface area contributed by atoms with Crippen molar-refractivity contribution in [3.05, 3.63) is 27.6 Å². The average molecular weight is 483 g/mol. The molecule has 32 heavy (non-hydrogen) atoms. The van der Waals surface area contributed by atoms with Gasteiger partial charge in [-0.3, -0.25) is 19.3 Å². The van der Waals surface area contributed by atoms with Crippen LogP contribution in [0.15, 0.2) is 17.0 Å². The van der Waals surface area contributed by atoms with E-state index >= 15 is 0 Å².